The molecule has 1 heterocycles. The first-order chi connectivity index (χ1) is 9.70. The maximum Gasteiger partial charge on any atom is 0.255 e. The van der Waals surface area contributed by atoms with Crippen molar-refractivity contribution < 1.29 is 9.90 Å². The number of anilines is 1. The number of carbonyl (C=O) groups excluding carboxylic acids is 1. The van der Waals surface area contributed by atoms with E-state index in [4.69, 9.17) is 5.11 Å². The molecule has 1 amide bonds. The van der Waals surface area contributed by atoms with Crippen molar-refractivity contribution in [2.24, 2.45) is 0 Å². The third-order valence-corrected chi connectivity index (χ3v) is 2.73. The largest absolute Gasteiger partial charge is 0.384 e. The lowest BCUT2D eigenvalue weighted by atomic mass is 10.1. The Morgan fingerprint density at radius 2 is 2.05 bits per heavy atom. The van der Waals surface area contributed by atoms with Gasteiger partial charge < -0.3 is 10.4 Å². The quantitative estimate of drug-likeness (QED) is 0.817. The third kappa shape index (κ3) is 3.44. The smallest absolute Gasteiger partial charge is 0.255 e. The summed E-state index contributed by atoms with van der Waals surface area (Å²) >= 11 is 0. The van der Waals surface area contributed by atoms with Gasteiger partial charge in [0.25, 0.3) is 5.91 Å². The molecule has 0 aliphatic carbocycles. The first kappa shape index (κ1) is 13.8. The van der Waals surface area contributed by atoms with Crippen LogP contribution >= 0.6 is 0 Å². The monoisotopic (exact) mass is 266 g/mol. The molecule has 2 N–H and O–H groups in total. The first-order valence-electron chi connectivity index (χ1n) is 6.12. The summed E-state index contributed by atoms with van der Waals surface area (Å²) in [5.74, 6) is 5.24. The minimum Gasteiger partial charge on any atom is -0.384 e. The summed E-state index contributed by atoms with van der Waals surface area (Å²) in [6.45, 7) is 1.73. The first-order valence-corrected chi connectivity index (χ1v) is 6.12. The molecule has 1 aromatic heterocycles. The summed E-state index contributed by atoms with van der Waals surface area (Å²) < 4.78 is 0. The lowest BCUT2D eigenvalue weighted by molar-refractivity contribution is 0.102. The lowest BCUT2D eigenvalue weighted by Crippen LogP contribution is -2.12. The van der Waals surface area contributed by atoms with Crippen molar-refractivity contribution in [2.75, 3.05) is 11.9 Å². The Labute approximate surface area is 117 Å². The summed E-state index contributed by atoms with van der Waals surface area (Å²) in [5, 5.41) is 11.5. The number of pyridine rings is 1. The average molecular weight is 266 g/mol. The van der Waals surface area contributed by atoms with Crippen molar-refractivity contribution >= 4 is 11.6 Å². The minimum atomic E-state index is -0.176. The van der Waals surface area contributed by atoms with Crippen LogP contribution in [0, 0.1) is 18.8 Å². The van der Waals surface area contributed by atoms with Crippen molar-refractivity contribution in [1.82, 2.24) is 4.98 Å². The van der Waals surface area contributed by atoms with Crippen LogP contribution in [0.2, 0.25) is 0 Å². The fraction of sp³-hybridized carbons (Fsp3) is 0.125. The van der Waals surface area contributed by atoms with Crippen molar-refractivity contribution in [1.29, 1.82) is 0 Å². The Balaban J connectivity index is 2.16. The van der Waals surface area contributed by atoms with Gasteiger partial charge in [-0.15, -0.1) is 0 Å². The number of aliphatic hydroxyl groups excluding tert-OH is 1. The van der Waals surface area contributed by atoms with Gasteiger partial charge in [-0.2, -0.15) is 0 Å². The van der Waals surface area contributed by atoms with E-state index in [0.717, 1.165) is 16.8 Å². The number of aliphatic hydroxyl groups is 1. The second-order valence-corrected chi connectivity index (χ2v) is 4.18. The van der Waals surface area contributed by atoms with Crippen LogP contribution in [0.1, 0.15) is 21.5 Å². The fourth-order valence-electron chi connectivity index (χ4n) is 1.72. The predicted molar refractivity (Wildman–Crippen MR) is 77.3 cm³/mol. The molecule has 4 heteroatoms. The van der Waals surface area contributed by atoms with Crippen LogP contribution in [0.25, 0.3) is 0 Å². The van der Waals surface area contributed by atoms with E-state index >= 15 is 0 Å². The number of nitrogens with one attached hydrogen (secondary N) is 1. The van der Waals surface area contributed by atoms with Crippen LogP contribution in [0.5, 0.6) is 0 Å². The molecular formula is C16H14N2O2. The van der Waals surface area contributed by atoms with Gasteiger partial charge in [-0.1, -0.05) is 11.8 Å². The van der Waals surface area contributed by atoms with Gasteiger partial charge in [-0.05, 0) is 42.8 Å². The van der Waals surface area contributed by atoms with E-state index in [1.807, 2.05) is 13.0 Å². The van der Waals surface area contributed by atoms with Gasteiger partial charge in [-0.25, -0.2) is 0 Å². The topological polar surface area (TPSA) is 62.2 Å². The molecule has 0 fully saturated rings. The van der Waals surface area contributed by atoms with Crippen LogP contribution in [0.15, 0.2) is 42.7 Å². The molecule has 2 rings (SSSR count). The molecular weight excluding hydrogens is 252 g/mol. The van der Waals surface area contributed by atoms with E-state index < -0.39 is 0 Å². The fourth-order valence-corrected chi connectivity index (χ4v) is 1.72. The van der Waals surface area contributed by atoms with Crippen molar-refractivity contribution in [3.05, 3.63) is 59.4 Å². The highest BCUT2D eigenvalue weighted by atomic mass is 16.2. The molecule has 0 saturated heterocycles. The molecule has 20 heavy (non-hydrogen) atoms. The molecule has 0 spiro atoms. The van der Waals surface area contributed by atoms with Gasteiger partial charge in [0.15, 0.2) is 0 Å². The highest BCUT2D eigenvalue weighted by Crippen LogP contribution is 2.17. The molecule has 0 saturated carbocycles. The van der Waals surface area contributed by atoms with Crippen LogP contribution in [0.3, 0.4) is 0 Å². The second kappa shape index (κ2) is 6.50. The highest BCUT2D eigenvalue weighted by molar-refractivity contribution is 6.04. The van der Waals surface area contributed by atoms with Gasteiger partial charge in [0.1, 0.15) is 6.61 Å². The van der Waals surface area contributed by atoms with E-state index in [-0.39, 0.29) is 12.5 Å². The number of hydrogen-bond donors (Lipinski definition) is 2. The Hall–Kier alpha value is -2.64. The summed E-state index contributed by atoms with van der Waals surface area (Å²) in [6, 6.07) is 8.79. The molecule has 0 aliphatic heterocycles. The Kier molecular flexibility index (Phi) is 4.48. The molecule has 100 valence electrons. The van der Waals surface area contributed by atoms with Gasteiger partial charge >= 0.3 is 0 Å². The number of rotatable bonds is 2. The minimum absolute atomic E-state index is 0.167. The van der Waals surface area contributed by atoms with Crippen molar-refractivity contribution in [2.45, 2.75) is 6.92 Å². The van der Waals surface area contributed by atoms with E-state index in [9.17, 15) is 4.79 Å². The average Bonchev–Trinajstić information content (AvgIpc) is 2.48. The van der Waals surface area contributed by atoms with Crippen molar-refractivity contribution in [3.8, 4) is 11.8 Å². The molecule has 0 unspecified atom stereocenters. The number of amides is 1. The second-order valence-electron chi connectivity index (χ2n) is 4.18. The maximum atomic E-state index is 12.0. The molecule has 2 aromatic rings. The summed E-state index contributed by atoms with van der Waals surface area (Å²) in [5.41, 5.74) is 3.01. The van der Waals surface area contributed by atoms with E-state index in [1.165, 1.54) is 0 Å². The molecule has 0 atom stereocenters. The molecule has 0 aliphatic rings. The van der Waals surface area contributed by atoms with E-state index in [1.54, 1.807) is 36.7 Å². The summed E-state index contributed by atoms with van der Waals surface area (Å²) in [7, 11) is 0. The SMILES string of the molecule is Cc1cc(C#CCO)ccc1NC(=O)c1ccncc1. The molecule has 0 radical (unpaired) electrons. The molecule has 1 aromatic carbocycles. The van der Waals surface area contributed by atoms with Crippen LogP contribution in [-0.2, 0) is 0 Å². The number of aromatic nitrogens is 1. The standard InChI is InChI=1S/C16H14N2O2/c1-12-11-13(3-2-10-19)4-5-15(12)18-16(20)14-6-8-17-9-7-14/h4-9,11,19H,10H2,1H3,(H,18,20). The van der Waals surface area contributed by atoms with Gasteiger partial charge in [0.2, 0.25) is 0 Å². The summed E-state index contributed by atoms with van der Waals surface area (Å²) in [4.78, 5) is 15.9. The van der Waals surface area contributed by atoms with E-state index in [2.05, 4.69) is 22.1 Å². The van der Waals surface area contributed by atoms with E-state index in [0.29, 0.717) is 5.56 Å². The molecule has 0 bridgehead atoms. The van der Waals surface area contributed by atoms with Gasteiger partial charge in [0, 0.05) is 29.2 Å². The Morgan fingerprint density at radius 1 is 1.30 bits per heavy atom. The number of aryl methyl sites for hydroxylation is 1. The summed E-state index contributed by atoms with van der Waals surface area (Å²) in [6.07, 6.45) is 3.16. The van der Waals surface area contributed by atoms with Crippen LogP contribution in [0.4, 0.5) is 5.69 Å². The van der Waals surface area contributed by atoms with Gasteiger partial charge in [0.05, 0.1) is 0 Å². The molecule has 4 nitrogen and oxygen atoms in total. The number of nitrogens with zero attached hydrogens (tertiary/aromatic N) is 1. The maximum absolute atomic E-state index is 12.0. The zero-order valence-corrected chi connectivity index (χ0v) is 11.1. The Morgan fingerprint density at radius 3 is 2.70 bits per heavy atom. The Bertz CT molecular complexity index is 670. The number of benzene rings is 1. The van der Waals surface area contributed by atoms with Gasteiger partial charge in [-0.3, -0.25) is 9.78 Å². The van der Waals surface area contributed by atoms with Crippen LogP contribution in [-0.4, -0.2) is 22.6 Å². The zero-order chi connectivity index (χ0) is 14.4. The van der Waals surface area contributed by atoms with Crippen LogP contribution < -0.4 is 5.32 Å². The third-order valence-electron chi connectivity index (χ3n) is 2.73. The number of carbonyl (C=O) groups is 1. The highest BCUT2D eigenvalue weighted by Gasteiger charge is 2.07. The lowest BCUT2D eigenvalue weighted by Gasteiger charge is -2.08. The zero-order valence-electron chi connectivity index (χ0n) is 11.1. The normalized spacial score (nSPS) is 9.50. The van der Waals surface area contributed by atoms with Crippen molar-refractivity contribution in [3.63, 3.8) is 0 Å². The predicted octanol–water partition coefficient (Wildman–Crippen LogP) is 1.99. The number of hydrogen-bond acceptors (Lipinski definition) is 3.